The topological polar surface area (TPSA) is 43.6 Å². The molecule has 2 heterocycles. The van der Waals surface area contributed by atoms with Crippen LogP contribution in [0.25, 0.3) is 162 Å². The van der Waals surface area contributed by atoms with Gasteiger partial charge in [0.15, 0.2) is 17.5 Å². The third-order valence-corrected chi connectivity index (χ3v) is 20.3. The maximum atomic E-state index is 5.06. The van der Waals surface area contributed by atoms with E-state index in [1.54, 1.807) is 0 Å². The van der Waals surface area contributed by atoms with E-state index in [9.17, 15) is 0 Å². The zero-order valence-electron chi connectivity index (χ0n) is 53.4. The summed E-state index contributed by atoms with van der Waals surface area (Å²) in [6.07, 6.45) is 0. The standard InChI is InChI=1S/C94H60N4/c1-7-27-63(28-8-1)85-86(64-29-9-2-10-30-64)88(66-33-13-4-14-34-66)90(89(87(85)65-31-11-3-12-32-65)67-51-47-61(48-52-67)62-49-53-71(54-50-62)93-96-91(69-35-15-5-16-36-69)95-92(97-93)70-37-17-6-18-38-70)68-55-57-72(58-56-68)98-83-46-26-22-42-76(83)78-59-77-75-41-21-25-45-81(75)94(82(77)60-84(78)98)79-43-23-19-39-73(79)74-40-20-24-44-80(74)94/h1-60H. The minimum Gasteiger partial charge on any atom is -0.309 e. The van der Waals surface area contributed by atoms with Gasteiger partial charge in [0.05, 0.1) is 16.4 Å². The summed E-state index contributed by atoms with van der Waals surface area (Å²) in [7, 11) is 0. The summed E-state index contributed by atoms with van der Waals surface area (Å²) < 4.78 is 2.51. The Morgan fingerprint density at radius 3 is 0.878 bits per heavy atom. The smallest absolute Gasteiger partial charge is 0.164 e. The van der Waals surface area contributed by atoms with Gasteiger partial charge in [-0.25, -0.2) is 15.0 Å². The van der Waals surface area contributed by atoms with Gasteiger partial charge in [0.1, 0.15) is 0 Å². The molecular weight excluding hydrogens is 1190 g/mol. The summed E-state index contributed by atoms with van der Waals surface area (Å²) in [5.41, 5.74) is 32.1. The first-order valence-corrected chi connectivity index (χ1v) is 33.7. The van der Waals surface area contributed by atoms with Gasteiger partial charge >= 0.3 is 0 Å². The van der Waals surface area contributed by atoms with Gasteiger partial charge in [0.2, 0.25) is 0 Å². The Labute approximate surface area is 569 Å². The summed E-state index contributed by atoms with van der Waals surface area (Å²) in [6.45, 7) is 0. The lowest BCUT2D eigenvalue weighted by Gasteiger charge is -2.30. The van der Waals surface area contributed by atoms with Crippen molar-refractivity contribution in [2.75, 3.05) is 0 Å². The average Bonchev–Trinajstić information content (AvgIpc) is 1.50. The van der Waals surface area contributed by atoms with Gasteiger partial charge in [-0.15, -0.1) is 0 Å². The molecule has 0 saturated heterocycles. The van der Waals surface area contributed by atoms with E-state index < -0.39 is 5.41 Å². The van der Waals surface area contributed by atoms with Crippen molar-refractivity contribution in [3.05, 3.63) is 386 Å². The monoisotopic (exact) mass is 1240 g/mol. The van der Waals surface area contributed by atoms with Crippen LogP contribution in [0.4, 0.5) is 0 Å². The number of para-hydroxylation sites is 1. The molecule has 456 valence electrons. The van der Waals surface area contributed by atoms with Gasteiger partial charge in [-0.2, -0.15) is 0 Å². The van der Waals surface area contributed by atoms with Gasteiger partial charge in [-0.1, -0.05) is 334 Å². The number of fused-ring (bicyclic) bond motifs is 13. The maximum absolute atomic E-state index is 5.06. The van der Waals surface area contributed by atoms with Crippen molar-refractivity contribution >= 4 is 21.8 Å². The number of benzene rings is 15. The molecule has 0 atom stereocenters. The molecule has 19 rings (SSSR count). The van der Waals surface area contributed by atoms with E-state index in [0.717, 1.165) is 89.1 Å². The second kappa shape index (κ2) is 23.2. The van der Waals surface area contributed by atoms with Crippen molar-refractivity contribution in [3.8, 4) is 140 Å². The highest BCUT2D eigenvalue weighted by molar-refractivity contribution is 6.16. The molecule has 4 heteroatoms. The summed E-state index contributed by atoms with van der Waals surface area (Å²) in [6, 6.07) is 133. The fourth-order valence-corrected chi connectivity index (χ4v) is 16.1. The van der Waals surface area contributed by atoms with Crippen molar-refractivity contribution in [3.63, 3.8) is 0 Å². The SMILES string of the molecule is c1ccc(-c2nc(-c3ccccc3)nc(-c3ccc(-c4ccc(-c5c(-c6ccccc6)c(-c6ccccc6)c(-c6ccccc6)c(-c6ccccc6)c5-c5ccc(-n6c7ccccc7c7cc8c(cc76)C6(c7ccccc7-c7ccccc76)c6ccccc6-8)cc5)cc4)cc3)n2)cc1. The van der Waals surface area contributed by atoms with Gasteiger partial charge in [-0.05, 0) is 153 Å². The Hall–Kier alpha value is -12.9. The zero-order chi connectivity index (χ0) is 64.7. The van der Waals surface area contributed by atoms with E-state index in [2.05, 4.69) is 308 Å². The molecule has 15 aromatic carbocycles. The van der Waals surface area contributed by atoms with E-state index in [1.165, 1.54) is 77.4 Å². The van der Waals surface area contributed by atoms with E-state index >= 15 is 0 Å². The fourth-order valence-electron chi connectivity index (χ4n) is 16.1. The summed E-state index contributed by atoms with van der Waals surface area (Å²) in [4.78, 5) is 15.1. The Balaban J connectivity index is 0.820. The van der Waals surface area contributed by atoms with E-state index in [4.69, 9.17) is 15.0 Å². The molecule has 0 fully saturated rings. The molecule has 98 heavy (non-hydrogen) atoms. The van der Waals surface area contributed by atoms with Crippen LogP contribution in [0.2, 0.25) is 0 Å². The average molecular weight is 1250 g/mol. The molecule has 0 unspecified atom stereocenters. The van der Waals surface area contributed by atoms with Crippen molar-refractivity contribution in [1.29, 1.82) is 0 Å². The van der Waals surface area contributed by atoms with Crippen LogP contribution >= 0.6 is 0 Å². The molecule has 17 aromatic rings. The van der Waals surface area contributed by atoms with Crippen LogP contribution in [-0.4, -0.2) is 19.5 Å². The molecule has 4 nitrogen and oxygen atoms in total. The van der Waals surface area contributed by atoms with Crippen LogP contribution in [0, 0.1) is 0 Å². The molecule has 1 spiro atoms. The Kier molecular flexibility index (Phi) is 13.4. The first-order valence-electron chi connectivity index (χ1n) is 33.7. The lowest BCUT2D eigenvalue weighted by molar-refractivity contribution is 0.794. The van der Waals surface area contributed by atoms with Crippen LogP contribution in [0.1, 0.15) is 22.3 Å². The second-order valence-electron chi connectivity index (χ2n) is 25.6. The van der Waals surface area contributed by atoms with Crippen molar-refractivity contribution in [1.82, 2.24) is 19.5 Å². The third-order valence-electron chi connectivity index (χ3n) is 20.3. The lowest BCUT2D eigenvalue weighted by Crippen LogP contribution is -2.25. The van der Waals surface area contributed by atoms with Gasteiger partial charge in [0.25, 0.3) is 0 Å². The lowest BCUT2D eigenvalue weighted by atomic mass is 9.70. The number of hydrogen-bond acceptors (Lipinski definition) is 3. The normalized spacial score (nSPS) is 12.4. The summed E-state index contributed by atoms with van der Waals surface area (Å²) >= 11 is 0. The number of aromatic nitrogens is 4. The maximum Gasteiger partial charge on any atom is 0.164 e. The quantitative estimate of drug-likeness (QED) is 0.130. The first-order chi connectivity index (χ1) is 48.6. The predicted molar refractivity (Wildman–Crippen MR) is 405 cm³/mol. The van der Waals surface area contributed by atoms with E-state index in [1.807, 2.05) is 60.7 Å². The van der Waals surface area contributed by atoms with Crippen LogP contribution in [-0.2, 0) is 5.41 Å². The molecule has 0 amide bonds. The number of rotatable bonds is 11. The van der Waals surface area contributed by atoms with E-state index in [-0.39, 0.29) is 0 Å². The molecule has 2 aliphatic carbocycles. The molecule has 2 aromatic heterocycles. The molecule has 2 aliphatic rings. The van der Waals surface area contributed by atoms with Crippen LogP contribution in [0.15, 0.2) is 364 Å². The summed E-state index contributed by atoms with van der Waals surface area (Å²) in [5, 5.41) is 2.46. The van der Waals surface area contributed by atoms with Gasteiger partial charge in [-0.3, -0.25) is 0 Å². The first kappa shape index (κ1) is 56.6. The predicted octanol–water partition coefficient (Wildman–Crippen LogP) is 24.0. The molecule has 0 bridgehead atoms. The minimum absolute atomic E-state index is 0.484. The minimum atomic E-state index is -0.484. The van der Waals surface area contributed by atoms with Crippen molar-refractivity contribution in [2.45, 2.75) is 5.41 Å². The molecule has 0 saturated carbocycles. The largest absolute Gasteiger partial charge is 0.309 e. The highest BCUT2D eigenvalue weighted by Crippen LogP contribution is 2.64. The van der Waals surface area contributed by atoms with Crippen molar-refractivity contribution in [2.24, 2.45) is 0 Å². The summed E-state index contributed by atoms with van der Waals surface area (Å²) in [5.74, 6) is 1.89. The highest BCUT2D eigenvalue weighted by Gasteiger charge is 2.52. The number of nitrogens with zero attached hydrogens (tertiary/aromatic N) is 4. The van der Waals surface area contributed by atoms with Gasteiger partial charge < -0.3 is 4.57 Å². The third kappa shape index (κ3) is 9.03. The van der Waals surface area contributed by atoms with Gasteiger partial charge in [0, 0.05) is 33.2 Å². The second-order valence-corrected chi connectivity index (χ2v) is 25.6. The Bertz CT molecular complexity index is 5810. The molecule has 0 aliphatic heterocycles. The highest BCUT2D eigenvalue weighted by atomic mass is 15.0. The Morgan fingerprint density at radius 2 is 0.480 bits per heavy atom. The van der Waals surface area contributed by atoms with Crippen LogP contribution in [0.5, 0.6) is 0 Å². The number of hydrogen-bond donors (Lipinski definition) is 0. The molecule has 0 radical (unpaired) electrons. The molecule has 0 N–H and O–H groups in total. The van der Waals surface area contributed by atoms with Crippen LogP contribution in [0.3, 0.4) is 0 Å². The zero-order valence-corrected chi connectivity index (χ0v) is 53.4. The van der Waals surface area contributed by atoms with E-state index in [0.29, 0.717) is 17.5 Å². The fraction of sp³-hybridized carbons (Fsp3) is 0.0106. The Morgan fingerprint density at radius 1 is 0.194 bits per heavy atom. The van der Waals surface area contributed by atoms with Crippen LogP contribution < -0.4 is 0 Å². The molecular formula is C94H60N4. The van der Waals surface area contributed by atoms with Crippen molar-refractivity contribution < 1.29 is 0 Å².